The van der Waals surface area contributed by atoms with E-state index in [0.29, 0.717) is 49.7 Å². The Labute approximate surface area is 243 Å². The average Bonchev–Trinajstić information content (AvgIpc) is 2.99. The fraction of sp³-hybridized carbons (Fsp3) is 0.594. The number of aromatic nitrogens is 1. The monoisotopic (exact) mass is 564 g/mol. The van der Waals surface area contributed by atoms with E-state index in [1.165, 1.54) is 12.6 Å². The number of likely N-dealkylation sites (tertiary alicyclic amines) is 1. The minimum absolute atomic E-state index is 0.0682. The summed E-state index contributed by atoms with van der Waals surface area (Å²) in [7, 11) is 0. The second kappa shape index (κ2) is 12.8. The Bertz CT molecular complexity index is 1210. The van der Waals surface area contributed by atoms with Gasteiger partial charge in [0, 0.05) is 39.2 Å². The number of nitrogens with one attached hydrogen (secondary N) is 1. The van der Waals surface area contributed by atoms with Gasteiger partial charge in [-0.25, -0.2) is 0 Å². The normalized spacial score (nSPS) is 22.5. The lowest BCUT2D eigenvalue weighted by molar-refractivity contribution is -0.612. The molecule has 3 heterocycles. The Kier molecular flexibility index (Phi) is 9.14. The lowest BCUT2D eigenvalue weighted by Crippen LogP contribution is -2.75. The van der Waals surface area contributed by atoms with Gasteiger partial charge < -0.3 is 25.3 Å². The molecule has 2 aromatic rings. The van der Waals surface area contributed by atoms with Crippen LogP contribution in [0, 0.1) is 18.0 Å². The third kappa shape index (κ3) is 6.36. The SMILES string of the molecule is CCCCN1C(=O)[C@@H]([C@H](O)C2CCCCC2)NC(=O)C12CCN(Cc1ccc(Oc3ccc(C)[n+]([O-])c3)cc1)CC2. The average molecular weight is 565 g/mol. The molecule has 41 heavy (non-hydrogen) atoms. The molecule has 2 amide bonds. The lowest BCUT2D eigenvalue weighted by atomic mass is 9.78. The number of ether oxygens (including phenoxy) is 1. The zero-order valence-electron chi connectivity index (χ0n) is 24.4. The quantitative estimate of drug-likeness (QED) is 0.354. The molecule has 1 saturated carbocycles. The number of unbranched alkanes of at least 4 members (excludes halogenated alkanes) is 1. The van der Waals surface area contributed by atoms with Gasteiger partial charge >= 0.3 is 0 Å². The van der Waals surface area contributed by atoms with Crippen molar-refractivity contribution in [3.8, 4) is 11.5 Å². The molecule has 1 aromatic carbocycles. The van der Waals surface area contributed by atoms with Crippen LogP contribution in [0.5, 0.6) is 11.5 Å². The largest absolute Gasteiger partial charge is 0.618 e. The molecule has 5 rings (SSSR count). The molecule has 2 atom stereocenters. The molecule has 2 aliphatic heterocycles. The fourth-order valence-electron chi connectivity index (χ4n) is 6.69. The number of hydrogen-bond donors (Lipinski definition) is 2. The molecule has 0 radical (unpaired) electrons. The van der Waals surface area contributed by atoms with E-state index in [0.717, 1.165) is 55.4 Å². The summed E-state index contributed by atoms with van der Waals surface area (Å²) >= 11 is 0. The van der Waals surface area contributed by atoms with Crippen molar-refractivity contribution in [3.63, 3.8) is 0 Å². The summed E-state index contributed by atoms with van der Waals surface area (Å²) in [5, 5.41) is 26.0. The summed E-state index contributed by atoms with van der Waals surface area (Å²) in [6, 6.07) is 10.5. The van der Waals surface area contributed by atoms with Crippen molar-refractivity contribution in [2.75, 3.05) is 19.6 Å². The number of hydrogen-bond acceptors (Lipinski definition) is 6. The first-order valence-corrected chi connectivity index (χ1v) is 15.3. The van der Waals surface area contributed by atoms with Gasteiger partial charge in [0.15, 0.2) is 11.4 Å². The van der Waals surface area contributed by atoms with Crippen molar-refractivity contribution in [2.24, 2.45) is 5.92 Å². The maximum Gasteiger partial charge on any atom is 0.248 e. The lowest BCUT2D eigenvalue weighted by Gasteiger charge is -2.52. The molecule has 0 bridgehead atoms. The standard InChI is InChI=1S/C32H44N4O5/c1-3-4-18-35-30(38)28(29(37)25-8-6-5-7-9-25)33-31(39)32(35)16-19-34(20-17-32)21-24-11-14-26(15-12-24)41-27-13-10-23(2)36(40)22-27/h10-15,22,25,28-29,37H,3-9,16-21H2,1-2H3,(H,33,39)/t28-,29-/m1/s1. The predicted octanol–water partition coefficient (Wildman–Crippen LogP) is 3.82. The zero-order valence-corrected chi connectivity index (χ0v) is 24.4. The van der Waals surface area contributed by atoms with E-state index in [9.17, 15) is 19.9 Å². The molecular weight excluding hydrogens is 520 g/mol. The molecule has 2 saturated heterocycles. The van der Waals surface area contributed by atoms with Crippen LogP contribution in [0.15, 0.2) is 42.6 Å². The number of nitrogens with zero attached hydrogens (tertiary/aromatic N) is 3. The smallest absolute Gasteiger partial charge is 0.248 e. The van der Waals surface area contributed by atoms with Crippen molar-refractivity contribution in [1.82, 2.24) is 15.1 Å². The summed E-state index contributed by atoms with van der Waals surface area (Å²) in [6.45, 7) is 6.51. The number of amides is 2. The van der Waals surface area contributed by atoms with E-state index in [1.807, 2.05) is 29.2 Å². The second-order valence-corrected chi connectivity index (χ2v) is 12.1. The van der Waals surface area contributed by atoms with Crippen LogP contribution >= 0.6 is 0 Å². The summed E-state index contributed by atoms with van der Waals surface area (Å²) < 4.78 is 6.62. The van der Waals surface area contributed by atoms with Gasteiger partial charge in [0.25, 0.3) is 0 Å². The van der Waals surface area contributed by atoms with Gasteiger partial charge in [-0.15, -0.1) is 0 Å². The number of pyridine rings is 1. The molecule has 2 N–H and O–H groups in total. The first-order valence-electron chi connectivity index (χ1n) is 15.3. The minimum atomic E-state index is -0.851. The number of carbonyl (C=O) groups is 2. The maximum absolute atomic E-state index is 13.8. The third-order valence-electron chi connectivity index (χ3n) is 9.30. The Balaban J connectivity index is 1.21. The van der Waals surface area contributed by atoms with Gasteiger partial charge in [-0.05, 0) is 61.8 Å². The number of carbonyl (C=O) groups excluding carboxylic acids is 2. The molecule has 222 valence electrons. The molecule has 1 spiro atoms. The summed E-state index contributed by atoms with van der Waals surface area (Å²) in [5.41, 5.74) is 0.880. The third-order valence-corrected chi connectivity index (χ3v) is 9.30. The van der Waals surface area contributed by atoms with Crippen molar-refractivity contribution < 1.29 is 24.2 Å². The first-order chi connectivity index (χ1) is 19.8. The predicted molar refractivity (Wildman–Crippen MR) is 155 cm³/mol. The highest BCUT2D eigenvalue weighted by Crippen LogP contribution is 2.36. The van der Waals surface area contributed by atoms with E-state index >= 15 is 0 Å². The van der Waals surface area contributed by atoms with Crippen LogP contribution in [0.3, 0.4) is 0 Å². The Morgan fingerprint density at radius 2 is 1.76 bits per heavy atom. The molecule has 9 heteroatoms. The zero-order chi connectivity index (χ0) is 29.0. The summed E-state index contributed by atoms with van der Waals surface area (Å²) in [5.74, 6) is 0.991. The number of aryl methyl sites for hydroxylation is 1. The van der Waals surface area contributed by atoms with Gasteiger partial charge in [-0.3, -0.25) is 14.5 Å². The van der Waals surface area contributed by atoms with Gasteiger partial charge in [0.1, 0.15) is 17.3 Å². The topological polar surface area (TPSA) is 109 Å². The van der Waals surface area contributed by atoms with Crippen molar-refractivity contribution in [2.45, 2.75) is 95.9 Å². The van der Waals surface area contributed by atoms with E-state index in [1.54, 1.807) is 19.1 Å². The van der Waals surface area contributed by atoms with Gasteiger partial charge in [-0.2, -0.15) is 4.73 Å². The highest BCUT2D eigenvalue weighted by atomic mass is 16.5. The molecule has 3 fully saturated rings. The molecule has 0 unspecified atom stereocenters. The van der Waals surface area contributed by atoms with Crippen molar-refractivity contribution >= 4 is 11.8 Å². The second-order valence-electron chi connectivity index (χ2n) is 12.1. The fourth-order valence-corrected chi connectivity index (χ4v) is 6.69. The van der Waals surface area contributed by atoms with Crippen LogP contribution in [0.2, 0.25) is 0 Å². The van der Waals surface area contributed by atoms with Crippen molar-refractivity contribution in [3.05, 3.63) is 59.1 Å². The van der Waals surface area contributed by atoms with Crippen molar-refractivity contribution in [1.29, 1.82) is 0 Å². The molecule has 1 aliphatic carbocycles. The number of piperazine rings is 1. The number of aliphatic hydroxyl groups is 1. The number of rotatable bonds is 9. The number of benzene rings is 1. The van der Waals surface area contributed by atoms with Crippen LogP contribution in [-0.4, -0.2) is 64.0 Å². The highest BCUT2D eigenvalue weighted by molar-refractivity contribution is 6.00. The minimum Gasteiger partial charge on any atom is -0.618 e. The number of piperidine rings is 1. The Morgan fingerprint density at radius 1 is 1.07 bits per heavy atom. The van der Waals surface area contributed by atoms with E-state index < -0.39 is 17.7 Å². The first kappa shape index (κ1) is 29.3. The van der Waals surface area contributed by atoms with Gasteiger partial charge in [0.2, 0.25) is 18.0 Å². The highest BCUT2D eigenvalue weighted by Gasteiger charge is 2.55. The van der Waals surface area contributed by atoms with Gasteiger partial charge in [0.05, 0.1) is 6.10 Å². The molecule has 9 nitrogen and oxygen atoms in total. The summed E-state index contributed by atoms with van der Waals surface area (Å²) in [6.07, 6.45) is 8.64. The van der Waals surface area contributed by atoms with E-state index in [4.69, 9.17) is 4.74 Å². The molecular formula is C32H44N4O5. The Morgan fingerprint density at radius 3 is 2.41 bits per heavy atom. The summed E-state index contributed by atoms with van der Waals surface area (Å²) in [4.78, 5) is 31.7. The van der Waals surface area contributed by atoms with Crippen LogP contribution in [0.1, 0.15) is 76.0 Å². The van der Waals surface area contributed by atoms with Gasteiger partial charge in [-0.1, -0.05) is 44.7 Å². The van der Waals surface area contributed by atoms with E-state index in [-0.39, 0.29) is 17.7 Å². The maximum atomic E-state index is 13.8. The van der Waals surface area contributed by atoms with Crippen LogP contribution in [-0.2, 0) is 16.1 Å². The Hall–Kier alpha value is -3.17. The molecule has 3 aliphatic rings. The van der Waals surface area contributed by atoms with Crippen LogP contribution < -0.4 is 14.8 Å². The van der Waals surface area contributed by atoms with E-state index in [2.05, 4.69) is 17.1 Å². The molecule has 1 aromatic heterocycles. The number of aliphatic hydroxyl groups excluding tert-OH is 1. The van der Waals surface area contributed by atoms with Crippen LogP contribution in [0.4, 0.5) is 0 Å². The van der Waals surface area contributed by atoms with Crippen LogP contribution in [0.25, 0.3) is 0 Å².